The van der Waals surface area contributed by atoms with Crippen LogP contribution in [-0.2, 0) is 6.42 Å². The van der Waals surface area contributed by atoms with Crippen LogP contribution >= 0.6 is 0 Å². The molecule has 0 amide bonds. The number of hydrogen-bond acceptors (Lipinski definition) is 1. The highest BCUT2D eigenvalue weighted by atomic mass is 19.2. The topological polar surface area (TPSA) is 23.8 Å². The third kappa shape index (κ3) is 6.02. The molecule has 0 fully saturated rings. The van der Waals surface area contributed by atoms with Gasteiger partial charge in [0.25, 0.3) is 0 Å². The maximum absolute atomic E-state index is 15.0. The number of nitrogens with zero attached hydrogens (tertiary/aromatic N) is 1. The zero-order valence-corrected chi connectivity index (χ0v) is 24.3. The van der Waals surface area contributed by atoms with Crippen molar-refractivity contribution in [1.82, 2.24) is 0 Å². The van der Waals surface area contributed by atoms with E-state index < -0.39 is 34.9 Å². The Kier molecular flexibility index (Phi) is 8.21. The second-order valence-electron chi connectivity index (χ2n) is 11.0. The van der Waals surface area contributed by atoms with Crippen molar-refractivity contribution >= 4 is 0 Å². The van der Waals surface area contributed by atoms with Crippen molar-refractivity contribution in [1.29, 1.82) is 5.26 Å². The Labute approximate surface area is 261 Å². The van der Waals surface area contributed by atoms with E-state index in [0.717, 1.165) is 23.3 Å². The smallest absolute Gasteiger partial charge is 0.141 e. The molecule has 226 valence electrons. The van der Waals surface area contributed by atoms with Gasteiger partial charge in [0.15, 0.2) is 0 Å². The van der Waals surface area contributed by atoms with Crippen LogP contribution in [-0.4, -0.2) is 0 Å². The largest absolute Gasteiger partial charge is 0.207 e. The molecule has 0 aliphatic rings. The van der Waals surface area contributed by atoms with E-state index in [-0.39, 0.29) is 27.8 Å². The molecule has 0 bridgehead atoms. The minimum absolute atomic E-state index is 0.00867. The van der Waals surface area contributed by atoms with Crippen molar-refractivity contribution in [3.05, 3.63) is 166 Å². The lowest BCUT2D eigenvalue weighted by molar-refractivity contribution is 0.588. The molecule has 7 heteroatoms. The van der Waals surface area contributed by atoms with E-state index >= 15 is 8.78 Å². The predicted molar refractivity (Wildman–Crippen MR) is 167 cm³/mol. The van der Waals surface area contributed by atoms with Crippen molar-refractivity contribution in [2.24, 2.45) is 0 Å². The monoisotopic (exact) mass is 619 g/mol. The van der Waals surface area contributed by atoms with Crippen LogP contribution in [0.5, 0.6) is 0 Å². The fourth-order valence-electron chi connectivity index (χ4n) is 5.41. The summed E-state index contributed by atoms with van der Waals surface area (Å²) >= 11 is 0. The van der Waals surface area contributed by atoms with E-state index in [1.807, 2.05) is 24.3 Å². The highest BCUT2D eigenvalue weighted by Crippen LogP contribution is 2.34. The van der Waals surface area contributed by atoms with E-state index in [2.05, 4.69) is 0 Å². The molecule has 0 heterocycles. The van der Waals surface area contributed by atoms with Gasteiger partial charge in [0.1, 0.15) is 41.0 Å². The fraction of sp³-hybridized carbons (Fsp3) is 0.0513. The fourth-order valence-corrected chi connectivity index (χ4v) is 5.41. The van der Waals surface area contributed by atoms with Gasteiger partial charge in [-0.2, -0.15) is 5.26 Å². The van der Waals surface area contributed by atoms with Gasteiger partial charge < -0.3 is 0 Å². The maximum Gasteiger partial charge on any atom is 0.141 e. The predicted octanol–water partition coefficient (Wildman–Crippen LogP) is 11.0. The Balaban J connectivity index is 1.17. The molecule has 1 nitrogen and oxygen atoms in total. The summed E-state index contributed by atoms with van der Waals surface area (Å²) in [7, 11) is 0. The maximum atomic E-state index is 15.0. The van der Waals surface area contributed by atoms with Gasteiger partial charge in [-0.25, -0.2) is 26.3 Å². The third-order valence-electron chi connectivity index (χ3n) is 7.91. The van der Waals surface area contributed by atoms with E-state index in [1.54, 1.807) is 37.3 Å². The zero-order chi connectivity index (χ0) is 32.5. The lowest BCUT2D eigenvalue weighted by atomic mass is 9.95. The molecule has 0 atom stereocenters. The minimum atomic E-state index is -0.860. The molecule has 0 unspecified atom stereocenters. The van der Waals surface area contributed by atoms with Crippen molar-refractivity contribution < 1.29 is 26.3 Å². The number of rotatable bonds is 6. The summed E-state index contributed by atoms with van der Waals surface area (Å²) in [6.07, 6.45) is 0.535. The number of hydrogen-bond donors (Lipinski definition) is 0. The Hall–Kier alpha value is -5.61. The quantitative estimate of drug-likeness (QED) is 0.170. The number of aryl methyl sites for hydroxylation is 1. The zero-order valence-electron chi connectivity index (χ0n) is 24.3. The summed E-state index contributed by atoms with van der Waals surface area (Å²) in [6, 6.07) is 28.3. The Morgan fingerprint density at radius 2 is 0.804 bits per heavy atom. The van der Waals surface area contributed by atoms with E-state index in [9.17, 15) is 17.6 Å². The van der Waals surface area contributed by atoms with E-state index in [4.69, 9.17) is 5.26 Å². The Morgan fingerprint density at radius 1 is 0.435 bits per heavy atom. The average molecular weight is 620 g/mol. The third-order valence-corrected chi connectivity index (χ3v) is 7.91. The summed E-state index contributed by atoms with van der Waals surface area (Å²) in [5.74, 6) is -4.70. The van der Waals surface area contributed by atoms with E-state index in [1.165, 1.54) is 48.5 Å². The van der Waals surface area contributed by atoms with Crippen LogP contribution < -0.4 is 0 Å². The minimum Gasteiger partial charge on any atom is -0.207 e. The van der Waals surface area contributed by atoms with Crippen LogP contribution in [0.15, 0.2) is 109 Å². The number of nitriles is 1. The molecular formula is C39H23F6N. The van der Waals surface area contributed by atoms with Gasteiger partial charge in [-0.05, 0) is 106 Å². The van der Waals surface area contributed by atoms with Crippen LogP contribution in [0, 0.1) is 53.2 Å². The average Bonchev–Trinajstić information content (AvgIpc) is 3.03. The number of halogens is 6. The molecule has 0 saturated carbocycles. The van der Waals surface area contributed by atoms with Gasteiger partial charge in [0.05, 0.1) is 16.7 Å². The molecule has 0 N–H and O–H groups in total. The van der Waals surface area contributed by atoms with Gasteiger partial charge in [-0.15, -0.1) is 0 Å². The van der Waals surface area contributed by atoms with Crippen LogP contribution in [0.1, 0.15) is 22.3 Å². The lowest BCUT2D eigenvalue weighted by Crippen LogP contribution is -1.95. The first-order valence-electron chi connectivity index (χ1n) is 14.2. The first kappa shape index (κ1) is 30.4. The molecule has 0 aliphatic heterocycles. The van der Waals surface area contributed by atoms with Gasteiger partial charge in [0.2, 0.25) is 0 Å². The normalized spacial score (nSPS) is 11.0. The summed E-state index contributed by atoms with van der Waals surface area (Å²) in [5.41, 5.74) is 3.31. The molecule has 0 radical (unpaired) electrons. The number of benzene rings is 6. The van der Waals surface area contributed by atoms with Gasteiger partial charge >= 0.3 is 0 Å². The Bertz CT molecular complexity index is 2100. The first-order valence-corrected chi connectivity index (χ1v) is 14.2. The standard InChI is InChI=1S/C39H23F6N/c1-22-2-7-27(15-32(22)40)38-34(42)17-30(18-35(38)43)25-8-3-23(4-9-25)14-24-5-10-26(11-6-24)31-19-36(44)39(37(45)20-31)28-12-13-29(21-46)33(41)16-28/h2-13,15-20H,14H2,1H3. The molecule has 6 aromatic rings. The van der Waals surface area contributed by atoms with Crippen molar-refractivity contribution in [3.8, 4) is 50.6 Å². The van der Waals surface area contributed by atoms with Gasteiger partial charge in [-0.1, -0.05) is 66.7 Å². The lowest BCUT2D eigenvalue weighted by Gasteiger charge is -2.11. The molecule has 6 rings (SSSR count). The van der Waals surface area contributed by atoms with Gasteiger partial charge in [0, 0.05) is 0 Å². The molecule has 0 aliphatic carbocycles. The van der Waals surface area contributed by atoms with Crippen molar-refractivity contribution in [2.75, 3.05) is 0 Å². The van der Waals surface area contributed by atoms with Gasteiger partial charge in [-0.3, -0.25) is 0 Å². The van der Waals surface area contributed by atoms with E-state index in [0.29, 0.717) is 34.2 Å². The second-order valence-corrected chi connectivity index (χ2v) is 11.0. The highest BCUT2D eigenvalue weighted by Gasteiger charge is 2.17. The molecular weight excluding hydrogens is 596 g/mol. The first-order chi connectivity index (χ1) is 22.1. The van der Waals surface area contributed by atoms with Crippen LogP contribution in [0.4, 0.5) is 26.3 Å². The Morgan fingerprint density at radius 3 is 1.20 bits per heavy atom. The van der Waals surface area contributed by atoms with Crippen LogP contribution in [0.3, 0.4) is 0 Å². The molecule has 6 aromatic carbocycles. The molecule has 46 heavy (non-hydrogen) atoms. The SMILES string of the molecule is Cc1ccc(-c2c(F)cc(-c3ccc(Cc4ccc(-c5cc(F)c(-c6ccc(C#N)c(F)c6)c(F)c5)cc4)cc3)cc2F)cc1F. The van der Waals surface area contributed by atoms with Crippen molar-refractivity contribution in [2.45, 2.75) is 13.3 Å². The van der Waals surface area contributed by atoms with Crippen LogP contribution in [0.2, 0.25) is 0 Å². The summed E-state index contributed by atoms with van der Waals surface area (Å²) in [5, 5.41) is 8.90. The molecule has 0 aromatic heterocycles. The molecule has 0 saturated heterocycles. The van der Waals surface area contributed by atoms with Crippen molar-refractivity contribution in [3.63, 3.8) is 0 Å². The summed E-state index contributed by atoms with van der Waals surface area (Å²) in [6.45, 7) is 1.57. The highest BCUT2D eigenvalue weighted by molar-refractivity contribution is 5.73. The summed E-state index contributed by atoms with van der Waals surface area (Å²) in [4.78, 5) is 0. The summed E-state index contributed by atoms with van der Waals surface area (Å²) < 4.78 is 88.0. The second kappa shape index (κ2) is 12.4. The molecule has 0 spiro atoms. The van der Waals surface area contributed by atoms with Crippen LogP contribution in [0.25, 0.3) is 44.5 Å².